The summed E-state index contributed by atoms with van der Waals surface area (Å²) in [4.78, 5) is 15.6. The molecule has 35 heavy (non-hydrogen) atoms. The van der Waals surface area contributed by atoms with Gasteiger partial charge in [-0.15, -0.1) is 11.8 Å². The standard InChI is InChI=1S/C26H27N5O3S/c1-4-35-24-10-9-22(26(29-24)34-3)28-25-17-7-5-15(11-23(17)30-31-25)18-13-19(18)20-12-16(33-2)6-8-21(20)27-14-32/h5-12,14,18-19H,4,13H2,1-3H3,(H,27,32)(H2,28,30,31). The maximum atomic E-state index is 11.1. The molecule has 0 bridgehead atoms. The summed E-state index contributed by atoms with van der Waals surface area (Å²) >= 11 is 1.67. The smallest absolute Gasteiger partial charge is 0.238 e. The molecule has 9 heteroatoms. The van der Waals surface area contributed by atoms with Gasteiger partial charge < -0.3 is 20.1 Å². The number of fused-ring (bicyclic) bond motifs is 1. The van der Waals surface area contributed by atoms with E-state index in [0.29, 0.717) is 24.1 Å². The second-order valence-electron chi connectivity index (χ2n) is 8.31. The summed E-state index contributed by atoms with van der Waals surface area (Å²) in [6.45, 7) is 2.09. The molecule has 0 radical (unpaired) electrons. The van der Waals surface area contributed by atoms with Gasteiger partial charge in [0.05, 0.1) is 19.7 Å². The van der Waals surface area contributed by atoms with Crippen molar-refractivity contribution in [2.75, 3.05) is 30.6 Å². The number of H-pyrrole nitrogens is 1. The first kappa shape index (κ1) is 23.0. The second kappa shape index (κ2) is 9.87. The molecule has 0 spiro atoms. The molecule has 180 valence electrons. The minimum atomic E-state index is 0.320. The Bertz CT molecular complexity index is 1370. The lowest BCUT2D eigenvalue weighted by molar-refractivity contribution is -0.105. The first-order chi connectivity index (χ1) is 17.1. The Balaban J connectivity index is 1.38. The number of methoxy groups -OCH3 is 2. The molecule has 1 fully saturated rings. The summed E-state index contributed by atoms with van der Waals surface area (Å²) < 4.78 is 10.9. The van der Waals surface area contributed by atoms with Crippen molar-refractivity contribution >= 4 is 46.3 Å². The molecule has 4 aromatic rings. The highest BCUT2D eigenvalue weighted by molar-refractivity contribution is 7.99. The van der Waals surface area contributed by atoms with Crippen molar-refractivity contribution in [3.63, 3.8) is 0 Å². The third-order valence-electron chi connectivity index (χ3n) is 6.25. The van der Waals surface area contributed by atoms with Crippen molar-refractivity contribution < 1.29 is 14.3 Å². The number of thioether (sulfide) groups is 1. The summed E-state index contributed by atoms with van der Waals surface area (Å²) in [6.07, 6.45) is 1.73. The summed E-state index contributed by atoms with van der Waals surface area (Å²) in [6, 6.07) is 16.1. The zero-order valence-electron chi connectivity index (χ0n) is 19.8. The van der Waals surface area contributed by atoms with Gasteiger partial charge in [-0.2, -0.15) is 5.10 Å². The van der Waals surface area contributed by atoms with Gasteiger partial charge in [0.25, 0.3) is 0 Å². The van der Waals surface area contributed by atoms with Crippen molar-refractivity contribution in [2.24, 2.45) is 0 Å². The number of benzene rings is 2. The van der Waals surface area contributed by atoms with E-state index in [1.54, 1.807) is 26.0 Å². The van der Waals surface area contributed by atoms with E-state index in [1.165, 1.54) is 5.56 Å². The minimum absolute atomic E-state index is 0.320. The van der Waals surface area contributed by atoms with E-state index in [1.807, 2.05) is 30.3 Å². The largest absolute Gasteiger partial charge is 0.497 e. The van der Waals surface area contributed by atoms with Gasteiger partial charge in [0.1, 0.15) is 16.5 Å². The molecule has 1 aliphatic rings. The maximum Gasteiger partial charge on any atom is 0.238 e. The van der Waals surface area contributed by atoms with Crippen LogP contribution in [0.3, 0.4) is 0 Å². The number of amides is 1. The minimum Gasteiger partial charge on any atom is -0.497 e. The highest BCUT2D eigenvalue weighted by Crippen LogP contribution is 2.57. The van der Waals surface area contributed by atoms with Gasteiger partial charge in [0.2, 0.25) is 12.3 Å². The van der Waals surface area contributed by atoms with E-state index in [9.17, 15) is 4.79 Å². The van der Waals surface area contributed by atoms with Crippen LogP contribution in [0.4, 0.5) is 17.2 Å². The Kier molecular flexibility index (Phi) is 6.50. The van der Waals surface area contributed by atoms with Crippen LogP contribution in [0.1, 0.15) is 36.3 Å². The number of carbonyl (C=O) groups excluding carboxylic acids is 1. The van der Waals surface area contributed by atoms with Crippen LogP contribution < -0.4 is 20.1 Å². The van der Waals surface area contributed by atoms with E-state index in [4.69, 9.17) is 9.47 Å². The monoisotopic (exact) mass is 489 g/mol. The predicted molar refractivity (Wildman–Crippen MR) is 139 cm³/mol. The zero-order valence-corrected chi connectivity index (χ0v) is 20.6. The lowest BCUT2D eigenvalue weighted by Crippen LogP contribution is -1.99. The highest BCUT2D eigenvalue weighted by Gasteiger charge is 2.41. The zero-order chi connectivity index (χ0) is 24.4. The van der Waals surface area contributed by atoms with E-state index in [-0.39, 0.29) is 0 Å². The van der Waals surface area contributed by atoms with E-state index in [0.717, 1.165) is 56.6 Å². The molecule has 1 amide bonds. The Hall–Kier alpha value is -3.72. The fourth-order valence-corrected chi connectivity index (χ4v) is 5.08. The quantitative estimate of drug-likeness (QED) is 0.195. The van der Waals surface area contributed by atoms with Gasteiger partial charge in [-0.1, -0.05) is 13.0 Å². The molecule has 2 heterocycles. The average Bonchev–Trinajstić information content (AvgIpc) is 3.59. The summed E-state index contributed by atoms with van der Waals surface area (Å²) in [7, 11) is 3.27. The molecule has 3 N–H and O–H groups in total. The van der Waals surface area contributed by atoms with Crippen LogP contribution in [0.2, 0.25) is 0 Å². The summed E-state index contributed by atoms with van der Waals surface area (Å²) in [5.41, 5.74) is 4.88. The number of anilines is 3. The average molecular weight is 490 g/mol. The number of aromatic amines is 1. The molecule has 2 aromatic heterocycles. The second-order valence-corrected chi connectivity index (χ2v) is 9.59. The lowest BCUT2D eigenvalue weighted by atomic mass is 10.0. The Morgan fingerprint density at radius 2 is 1.94 bits per heavy atom. The number of carbonyl (C=O) groups is 1. The number of hydrogen-bond donors (Lipinski definition) is 3. The first-order valence-electron chi connectivity index (χ1n) is 11.5. The molecular formula is C26H27N5O3S. The fourth-order valence-electron chi connectivity index (χ4n) is 4.47. The molecule has 2 aromatic carbocycles. The van der Waals surface area contributed by atoms with E-state index in [2.05, 4.69) is 50.9 Å². The third kappa shape index (κ3) is 4.64. The van der Waals surface area contributed by atoms with Crippen LogP contribution in [0, 0.1) is 0 Å². The number of hydrogen-bond acceptors (Lipinski definition) is 7. The van der Waals surface area contributed by atoms with Crippen LogP contribution in [-0.4, -0.2) is 41.6 Å². The number of nitrogens with one attached hydrogen (secondary N) is 3. The fraction of sp³-hybridized carbons (Fsp3) is 0.269. The maximum absolute atomic E-state index is 11.1. The van der Waals surface area contributed by atoms with Gasteiger partial charge in [0.15, 0.2) is 5.82 Å². The van der Waals surface area contributed by atoms with Crippen molar-refractivity contribution in [3.8, 4) is 11.6 Å². The Morgan fingerprint density at radius 1 is 1.09 bits per heavy atom. The Labute approximate surface area is 207 Å². The van der Waals surface area contributed by atoms with Crippen molar-refractivity contribution in [1.82, 2.24) is 15.2 Å². The number of ether oxygens (including phenoxy) is 2. The summed E-state index contributed by atoms with van der Waals surface area (Å²) in [5.74, 6) is 3.68. The van der Waals surface area contributed by atoms with Gasteiger partial charge >= 0.3 is 0 Å². The molecule has 1 saturated carbocycles. The first-order valence-corrected chi connectivity index (χ1v) is 12.4. The van der Waals surface area contributed by atoms with Gasteiger partial charge in [-0.05, 0) is 77.6 Å². The van der Waals surface area contributed by atoms with Crippen molar-refractivity contribution in [1.29, 1.82) is 0 Å². The van der Waals surface area contributed by atoms with Crippen LogP contribution in [0.25, 0.3) is 10.9 Å². The molecular weight excluding hydrogens is 462 g/mol. The number of nitrogens with zero attached hydrogens (tertiary/aromatic N) is 2. The SMILES string of the molecule is CCSc1ccc(Nc2n[nH]c3cc(C4CC4c4cc(OC)ccc4NC=O)ccc23)c(OC)n1. The number of rotatable bonds is 10. The molecule has 0 aliphatic heterocycles. The molecule has 0 saturated heterocycles. The molecule has 2 atom stereocenters. The summed E-state index contributed by atoms with van der Waals surface area (Å²) in [5, 5.41) is 15.7. The van der Waals surface area contributed by atoms with E-state index >= 15 is 0 Å². The number of pyridine rings is 1. The van der Waals surface area contributed by atoms with Crippen molar-refractivity contribution in [3.05, 3.63) is 59.7 Å². The van der Waals surface area contributed by atoms with Crippen LogP contribution in [0.5, 0.6) is 11.6 Å². The third-order valence-corrected chi connectivity index (χ3v) is 7.06. The normalized spacial score (nSPS) is 16.7. The molecule has 2 unspecified atom stereocenters. The van der Waals surface area contributed by atoms with Gasteiger partial charge in [-0.3, -0.25) is 9.89 Å². The topological polar surface area (TPSA) is 101 Å². The van der Waals surface area contributed by atoms with Crippen LogP contribution in [0.15, 0.2) is 53.6 Å². The molecule has 1 aliphatic carbocycles. The predicted octanol–water partition coefficient (Wildman–Crippen LogP) is 5.67. The Morgan fingerprint density at radius 3 is 2.71 bits per heavy atom. The number of aromatic nitrogens is 3. The lowest BCUT2D eigenvalue weighted by Gasteiger charge is -2.11. The van der Waals surface area contributed by atoms with Crippen LogP contribution in [-0.2, 0) is 4.79 Å². The van der Waals surface area contributed by atoms with E-state index < -0.39 is 0 Å². The van der Waals surface area contributed by atoms with Crippen LogP contribution >= 0.6 is 11.8 Å². The van der Waals surface area contributed by atoms with Crippen molar-refractivity contribution in [2.45, 2.75) is 30.2 Å². The molecule has 5 rings (SSSR count). The van der Waals surface area contributed by atoms with Gasteiger partial charge in [0, 0.05) is 11.1 Å². The van der Waals surface area contributed by atoms with Gasteiger partial charge in [-0.25, -0.2) is 4.98 Å². The highest BCUT2D eigenvalue weighted by atomic mass is 32.2. The molecule has 8 nitrogen and oxygen atoms in total.